The summed E-state index contributed by atoms with van der Waals surface area (Å²) in [6, 6.07) is 9.84. The van der Waals surface area contributed by atoms with E-state index in [1.54, 1.807) is 13.2 Å². The lowest BCUT2D eigenvalue weighted by molar-refractivity contribution is -0.131. The van der Waals surface area contributed by atoms with Gasteiger partial charge in [-0.1, -0.05) is 48.1 Å². The van der Waals surface area contributed by atoms with Gasteiger partial charge >= 0.3 is 5.97 Å². The predicted octanol–water partition coefficient (Wildman–Crippen LogP) is 5.83. The molecule has 0 amide bonds. The lowest BCUT2D eigenvalue weighted by atomic mass is 9.96. The number of carboxylic acids is 1. The van der Waals surface area contributed by atoms with Crippen LogP contribution < -0.4 is 4.74 Å². The predicted molar refractivity (Wildman–Crippen MR) is 113 cm³/mol. The molecule has 140 valence electrons. The van der Waals surface area contributed by atoms with Gasteiger partial charge in [-0.2, -0.15) is 0 Å². The lowest BCUT2D eigenvalue weighted by Crippen LogP contribution is -1.95. The van der Waals surface area contributed by atoms with Gasteiger partial charge in [0.15, 0.2) is 0 Å². The van der Waals surface area contributed by atoms with Crippen molar-refractivity contribution in [3.63, 3.8) is 0 Å². The first-order chi connectivity index (χ1) is 12.8. The molecule has 0 saturated carbocycles. The quantitative estimate of drug-likeness (QED) is 0.519. The van der Waals surface area contributed by atoms with Crippen molar-refractivity contribution < 1.29 is 14.6 Å². The number of carboxylic acid groups (broad SMARTS) is 1. The van der Waals surface area contributed by atoms with Gasteiger partial charge in [-0.05, 0) is 73.2 Å². The topological polar surface area (TPSA) is 46.5 Å². The summed E-state index contributed by atoms with van der Waals surface area (Å²) in [6.07, 6.45) is 9.08. The maximum Gasteiger partial charge on any atom is 0.328 e. The molecule has 0 heterocycles. The zero-order valence-corrected chi connectivity index (χ0v) is 16.5. The van der Waals surface area contributed by atoms with Gasteiger partial charge in [0.1, 0.15) is 5.75 Å². The van der Waals surface area contributed by atoms with E-state index in [0.717, 1.165) is 34.1 Å². The SMILES string of the molecule is COc1cc(C)c(C=CC(C)=Cc2ccc(C=CC(=O)O)cc2)c(C)c1C. The number of rotatable bonds is 6. The summed E-state index contributed by atoms with van der Waals surface area (Å²) in [5, 5.41) is 8.68. The van der Waals surface area contributed by atoms with E-state index in [0.29, 0.717) is 0 Å². The summed E-state index contributed by atoms with van der Waals surface area (Å²) in [4.78, 5) is 10.6. The third-order valence-electron chi connectivity index (χ3n) is 4.59. The Balaban J connectivity index is 2.20. The number of aryl methyl sites for hydroxylation is 1. The highest BCUT2D eigenvalue weighted by Crippen LogP contribution is 2.28. The standard InChI is InChI=1S/C24H26O3/c1-16(14-21-9-7-20(8-10-21)11-13-24(25)26)6-12-22-17(2)15-23(27-5)19(4)18(22)3/h6-15H,1-5H3,(H,25,26). The number of hydrogen-bond donors (Lipinski definition) is 1. The molecule has 0 aliphatic carbocycles. The first-order valence-corrected chi connectivity index (χ1v) is 8.84. The van der Waals surface area contributed by atoms with Crippen molar-refractivity contribution >= 4 is 24.2 Å². The maximum atomic E-state index is 10.6. The molecule has 1 N–H and O–H groups in total. The molecule has 0 fully saturated rings. The Kier molecular flexibility index (Phi) is 6.78. The number of allylic oxidation sites excluding steroid dienone is 2. The Morgan fingerprint density at radius 1 is 0.963 bits per heavy atom. The second-order valence-electron chi connectivity index (χ2n) is 6.62. The van der Waals surface area contributed by atoms with Crippen LogP contribution in [0.25, 0.3) is 18.2 Å². The number of carbonyl (C=O) groups is 1. The normalized spacial score (nSPS) is 12.1. The average Bonchev–Trinajstić information content (AvgIpc) is 2.64. The monoisotopic (exact) mass is 362 g/mol. The zero-order valence-electron chi connectivity index (χ0n) is 16.5. The number of benzene rings is 2. The molecule has 2 aromatic carbocycles. The lowest BCUT2D eigenvalue weighted by Gasteiger charge is -2.13. The highest BCUT2D eigenvalue weighted by atomic mass is 16.5. The van der Waals surface area contributed by atoms with Crippen LogP contribution >= 0.6 is 0 Å². The number of hydrogen-bond acceptors (Lipinski definition) is 2. The molecule has 0 radical (unpaired) electrons. The van der Waals surface area contributed by atoms with E-state index >= 15 is 0 Å². The summed E-state index contributed by atoms with van der Waals surface area (Å²) >= 11 is 0. The number of methoxy groups -OCH3 is 1. The van der Waals surface area contributed by atoms with E-state index < -0.39 is 5.97 Å². The van der Waals surface area contributed by atoms with Crippen molar-refractivity contribution in [2.24, 2.45) is 0 Å². The molecule has 0 aliphatic heterocycles. The van der Waals surface area contributed by atoms with Crippen LogP contribution in [0.4, 0.5) is 0 Å². The summed E-state index contributed by atoms with van der Waals surface area (Å²) in [7, 11) is 1.70. The maximum absolute atomic E-state index is 10.6. The second-order valence-corrected chi connectivity index (χ2v) is 6.62. The molecule has 0 bridgehead atoms. The molecular formula is C24H26O3. The van der Waals surface area contributed by atoms with Crippen LogP contribution in [-0.4, -0.2) is 18.2 Å². The minimum atomic E-state index is -0.945. The molecule has 2 rings (SSSR count). The highest BCUT2D eigenvalue weighted by molar-refractivity contribution is 5.85. The van der Waals surface area contributed by atoms with E-state index in [1.165, 1.54) is 16.7 Å². The highest BCUT2D eigenvalue weighted by Gasteiger charge is 2.08. The van der Waals surface area contributed by atoms with E-state index in [4.69, 9.17) is 9.84 Å². The van der Waals surface area contributed by atoms with Crippen LogP contribution in [0.15, 0.2) is 48.1 Å². The molecule has 2 aromatic rings. The molecule has 3 nitrogen and oxygen atoms in total. The van der Waals surface area contributed by atoms with Crippen molar-refractivity contribution in [1.29, 1.82) is 0 Å². The van der Waals surface area contributed by atoms with Crippen LogP contribution in [0.1, 0.15) is 40.3 Å². The third-order valence-corrected chi connectivity index (χ3v) is 4.59. The minimum Gasteiger partial charge on any atom is -0.496 e. The van der Waals surface area contributed by atoms with Crippen LogP contribution in [0.3, 0.4) is 0 Å². The summed E-state index contributed by atoms with van der Waals surface area (Å²) in [6.45, 7) is 8.35. The minimum absolute atomic E-state index is 0.864. The van der Waals surface area contributed by atoms with Crippen molar-refractivity contribution in [2.75, 3.05) is 7.11 Å². The van der Waals surface area contributed by atoms with Crippen LogP contribution in [0.2, 0.25) is 0 Å². The second kappa shape index (κ2) is 9.04. The average molecular weight is 362 g/mol. The van der Waals surface area contributed by atoms with Crippen molar-refractivity contribution in [2.45, 2.75) is 27.7 Å². The first-order valence-electron chi connectivity index (χ1n) is 8.84. The largest absolute Gasteiger partial charge is 0.496 e. The molecule has 0 aromatic heterocycles. The van der Waals surface area contributed by atoms with E-state index in [1.807, 2.05) is 24.3 Å². The number of ether oxygens (including phenoxy) is 1. The van der Waals surface area contributed by atoms with E-state index in [9.17, 15) is 4.79 Å². The van der Waals surface area contributed by atoms with Gasteiger partial charge in [-0.3, -0.25) is 0 Å². The van der Waals surface area contributed by atoms with Crippen LogP contribution in [0, 0.1) is 20.8 Å². The van der Waals surface area contributed by atoms with Gasteiger partial charge in [0, 0.05) is 6.08 Å². The van der Waals surface area contributed by atoms with E-state index in [-0.39, 0.29) is 0 Å². The van der Waals surface area contributed by atoms with Crippen LogP contribution in [-0.2, 0) is 4.79 Å². The fraction of sp³-hybridized carbons (Fsp3) is 0.208. The van der Waals surface area contributed by atoms with Gasteiger partial charge in [-0.15, -0.1) is 0 Å². The van der Waals surface area contributed by atoms with Gasteiger partial charge in [0.25, 0.3) is 0 Å². The molecular weight excluding hydrogens is 336 g/mol. The Labute approximate surface area is 161 Å². The molecule has 0 saturated heterocycles. The molecule has 0 unspecified atom stereocenters. The molecule has 0 atom stereocenters. The summed E-state index contributed by atoms with van der Waals surface area (Å²) < 4.78 is 5.43. The molecule has 0 spiro atoms. The number of aliphatic carboxylic acids is 1. The van der Waals surface area contributed by atoms with Gasteiger partial charge in [0.2, 0.25) is 0 Å². The van der Waals surface area contributed by atoms with Crippen molar-refractivity contribution in [3.8, 4) is 5.75 Å². The van der Waals surface area contributed by atoms with Crippen molar-refractivity contribution in [3.05, 3.63) is 81.4 Å². The first kappa shape index (κ1) is 20.2. The fourth-order valence-electron chi connectivity index (χ4n) is 2.93. The zero-order chi connectivity index (χ0) is 20.0. The molecule has 3 heteroatoms. The Morgan fingerprint density at radius 2 is 1.59 bits per heavy atom. The van der Waals surface area contributed by atoms with Gasteiger partial charge in [0.05, 0.1) is 7.11 Å². The Hall–Kier alpha value is -3.07. The Morgan fingerprint density at radius 3 is 2.19 bits per heavy atom. The van der Waals surface area contributed by atoms with Gasteiger partial charge < -0.3 is 9.84 Å². The van der Waals surface area contributed by atoms with Crippen LogP contribution in [0.5, 0.6) is 5.75 Å². The molecule has 27 heavy (non-hydrogen) atoms. The third kappa shape index (κ3) is 5.45. The molecule has 0 aliphatic rings. The Bertz CT molecular complexity index is 914. The summed E-state index contributed by atoms with van der Waals surface area (Å²) in [5.41, 5.74) is 7.87. The fourth-order valence-corrected chi connectivity index (χ4v) is 2.93. The smallest absolute Gasteiger partial charge is 0.328 e. The van der Waals surface area contributed by atoms with E-state index in [2.05, 4.69) is 52.0 Å². The van der Waals surface area contributed by atoms with Crippen molar-refractivity contribution in [1.82, 2.24) is 0 Å². The van der Waals surface area contributed by atoms with Gasteiger partial charge in [-0.25, -0.2) is 4.79 Å². The summed E-state index contributed by atoms with van der Waals surface area (Å²) in [5.74, 6) is -0.0224.